The number of carbonyl (C=O) groups excluding carboxylic acids is 1. The van der Waals surface area contributed by atoms with Crippen molar-refractivity contribution >= 4 is 5.91 Å². The van der Waals surface area contributed by atoms with Crippen molar-refractivity contribution in [2.45, 2.75) is 13.0 Å². The van der Waals surface area contributed by atoms with E-state index in [0.29, 0.717) is 25.1 Å². The Hall–Kier alpha value is -2.54. The SMILES string of the molecule is COCCCNC(=O)c1ccc(=O)n(Cc2cccc(F)c2)n1. The number of nitrogens with zero attached hydrogens (tertiary/aromatic N) is 2. The Morgan fingerprint density at radius 1 is 1.35 bits per heavy atom. The molecule has 0 aliphatic heterocycles. The highest BCUT2D eigenvalue weighted by molar-refractivity contribution is 5.91. The molecule has 0 bridgehead atoms. The molecule has 0 fully saturated rings. The van der Waals surface area contributed by atoms with Gasteiger partial charge in [0.05, 0.1) is 6.54 Å². The second-order valence-corrected chi connectivity index (χ2v) is 4.95. The number of ether oxygens (including phenoxy) is 1. The molecule has 7 heteroatoms. The lowest BCUT2D eigenvalue weighted by molar-refractivity contribution is 0.0941. The van der Waals surface area contributed by atoms with Crippen molar-refractivity contribution < 1.29 is 13.9 Å². The van der Waals surface area contributed by atoms with Crippen molar-refractivity contribution in [2.24, 2.45) is 0 Å². The number of rotatable bonds is 7. The van der Waals surface area contributed by atoms with E-state index in [-0.39, 0.29) is 29.5 Å². The number of aromatic nitrogens is 2. The first-order valence-electron chi connectivity index (χ1n) is 7.20. The lowest BCUT2D eigenvalue weighted by atomic mass is 10.2. The molecule has 0 unspecified atom stereocenters. The maximum atomic E-state index is 13.2. The molecule has 0 saturated carbocycles. The maximum absolute atomic E-state index is 13.2. The summed E-state index contributed by atoms with van der Waals surface area (Å²) in [6.07, 6.45) is 0.686. The summed E-state index contributed by atoms with van der Waals surface area (Å²) in [5.74, 6) is -0.753. The van der Waals surface area contributed by atoms with E-state index in [1.165, 1.54) is 24.3 Å². The van der Waals surface area contributed by atoms with Gasteiger partial charge in [-0.05, 0) is 30.2 Å². The van der Waals surface area contributed by atoms with Crippen molar-refractivity contribution in [3.63, 3.8) is 0 Å². The minimum atomic E-state index is -0.386. The number of amides is 1. The van der Waals surface area contributed by atoms with E-state index in [1.54, 1.807) is 19.2 Å². The zero-order valence-corrected chi connectivity index (χ0v) is 12.8. The summed E-state index contributed by atoms with van der Waals surface area (Å²) in [7, 11) is 1.59. The van der Waals surface area contributed by atoms with Gasteiger partial charge >= 0.3 is 0 Å². The quantitative estimate of drug-likeness (QED) is 0.778. The smallest absolute Gasteiger partial charge is 0.271 e. The molecule has 2 rings (SSSR count). The molecule has 122 valence electrons. The van der Waals surface area contributed by atoms with Gasteiger partial charge in [-0.1, -0.05) is 12.1 Å². The third-order valence-electron chi connectivity index (χ3n) is 3.13. The second kappa shape index (κ2) is 8.19. The summed E-state index contributed by atoms with van der Waals surface area (Å²) in [5.41, 5.74) is 0.376. The van der Waals surface area contributed by atoms with Crippen LogP contribution < -0.4 is 10.9 Å². The van der Waals surface area contributed by atoms with E-state index >= 15 is 0 Å². The molecule has 6 nitrogen and oxygen atoms in total. The Balaban J connectivity index is 2.09. The van der Waals surface area contributed by atoms with Crippen LogP contribution in [0.15, 0.2) is 41.2 Å². The molecular weight excluding hydrogens is 301 g/mol. The van der Waals surface area contributed by atoms with Gasteiger partial charge < -0.3 is 10.1 Å². The first-order chi connectivity index (χ1) is 11.1. The largest absolute Gasteiger partial charge is 0.385 e. The summed E-state index contributed by atoms with van der Waals surface area (Å²) >= 11 is 0. The van der Waals surface area contributed by atoms with Gasteiger partial charge in [-0.25, -0.2) is 9.07 Å². The van der Waals surface area contributed by atoms with E-state index < -0.39 is 0 Å². The van der Waals surface area contributed by atoms with Crippen LogP contribution in [0.5, 0.6) is 0 Å². The predicted molar refractivity (Wildman–Crippen MR) is 82.8 cm³/mol. The first kappa shape index (κ1) is 16.8. The summed E-state index contributed by atoms with van der Waals surface area (Å²) in [4.78, 5) is 23.8. The highest BCUT2D eigenvalue weighted by atomic mass is 19.1. The minimum Gasteiger partial charge on any atom is -0.385 e. The van der Waals surface area contributed by atoms with Gasteiger partial charge in [-0.3, -0.25) is 9.59 Å². The van der Waals surface area contributed by atoms with Gasteiger partial charge in [0.25, 0.3) is 11.5 Å². The number of nitrogens with one attached hydrogen (secondary N) is 1. The molecule has 0 aliphatic carbocycles. The van der Waals surface area contributed by atoms with E-state index in [1.807, 2.05) is 0 Å². The Kier molecular flexibility index (Phi) is 5.99. The Morgan fingerprint density at radius 2 is 2.17 bits per heavy atom. The molecule has 2 aromatic rings. The zero-order chi connectivity index (χ0) is 16.7. The van der Waals surface area contributed by atoms with Gasteiger partial charge in [-0.15, -0.1) is 0 Å². The average molecular weight is 319 g/mol. The zero-order valence-electron chi connectivity index (χ0n) is 12.8. The van der Waals surface area contributed by atoms with Crippen LogP contribution in [0.2, 0.25) is 0 Å². The second-order valence-electron chi connectivity index (χ2n) is 4.95. The van der Waals surface area contributed by atoms with E-state index in [9.17, 15) is 14.0 Å². The van der Waals surface area contributed by atoms with Crippen LogP contribution >= 0.6 is 0 Å². The van der Waals surface area contributed by atoms with Gasteiger partial charge in [0.15, 0.2) is 0 Å². The van der Waals surface area contributed by atoms with Crippen LogP contribution in [-0.2, 0) is 11.3 Å². The van der Waals surface area contributed by atoms with Crippen molar-refractivity contribution in [1.29, 1.82) is 0 Å². The third-order valence-corrected chi connectivity index (χ3v) is 3.13. The van der Waals surface area contributed by atoms with Gasteiger partial charge in [-0.2, -0.15) is 5.10 Å². The standard InChI is InChI=1S/C16H18FN3O3/c1-23-9-3-8-18-16(22)14-6-7-15(21)20(19-14)11-12-4-2-5-13(17)10-12/h2,4-7,10H,3,8-9,11H2,1H3,(H,18,22). The molecule has 1 aromatic carbocycles. The van der Waals surface area contributed by atoms with Crippen LogP contribution in [0.4, 0.5) is 4.39 Å². The number of benzene rings is 1. The van der Waals surface area contributed by atoms with Gasteiger partial charge in [0.2, 0.25) is 0 Å². The third kappa shape index (κ3) is 5.00. The van der Waals surface area contributed by atoms with E-state index in [0.717, 1.165) is 4.68 Å². The molecule has 23 heavy (non-hydrogen) atoms. The highest BCUT2D eigenvalue weighted by Crippen LogP contribution is 2.04. The molecule has 0 aliphatic rings. The highest BCUT2D eigenvalue weighted by Gasteiger charge is 2.09. The fraction of sp³-hybridized carbons (Fsp3) is 0.312. The van der Waals surface area contributed by atoms with Crippen molar-refractivity contribution in [2.75, 3.05) is 20.3 Å². The summed E-state index contributed by atoms with van der Waals surface area (Å²) in [6.45, 7) is 1.10. The lowest BCUT2D eigenvalue weighted by Gasteiger charge is -2.08. The van der Waals surface area contributed by atoms with Crippen LogP contribution in [0.25, 0.3) is 0 Å². The number of halogens is 1. The van der Waals surface area contributed by atoms with Crippen molar-refractivity contribution in [1.82, 2.24) is 15.1 Å². The first-order valence-corrected chi connectivity index (χ1v) is 7.20. The van der Waals surface area contributed by atoms with E-state index in [2.05, 4.69) is 10.4 Å². The molecule has 1 aromatic heterocycles. The molecular formula is C16H18FN3O3. The van der Waals surface area contributed by atoms with Gasteiger partial charge in [0, 0.05) is 26.3 Å². The fourth-order valence-electron chi connectivity index (χ4n) is 2.00. The molecule has 1 heterocycles. The maximum Gasteiger partial charge on any atom is 0.271 e. The lowest BCUT2D eigenvalue weighted by Crippen LogP contribution is -2.30. The molecule has 1 amide bonds. The fourth-order valence-corrected chi connectivity index (χ4v) is 2.00. The number of carbonyl (C=O) groups is 1. The number of hydrogen-bond donors (Lipinski definition) is 1. The monoisotopic (exact) mass is 319 g/mol. The summed E-state index contributed by atoms with van der Waals surface area (Å²) in [6, 6.07) is 8.54. The molecule has 0 radical (unpaired) electrons. The summed E-state index contributed by atoms with van der Waals surface area (Å²) < 4.78 is 19.2. The van der Waals surface area contributed by atoms with Gasteiger partial charge in [0.1, 0.15) is 11.5 Å². The summed E-state index contributed by atoms with van der Waals surface area (Å²) in [5, 5.41) is 6.73. The van der Waals surface area contributed by atoms with E-state index in [4.69, 9.17) is 4.74 Å². The van der Waals surface area contributed by atoms with Crippen LogP contribution in [0, 0.1) is 5.82 Å². The van der Waals surface area contributed by atoms with Crippen LogP contribution in [0.1, 0.15) is 22.5 Å². The predicted octanol–water partition coefficient (Wildman–Crippen LogP) is 1.20. The Labute approximate surface area is 132 Å². The number of hydrogen-bond acceptors (Lipinski definition) is 4. The molecule has 0 atom stereocenters. The normalized spacial score (nSPS) is 10.5. The molecule has 1 N–H and O–H groups in total. The van der Waals surface area contributed by atoms with Crippen molar-refractivity contribution in [3.8, 4) is 0 Å². The average Bonchev–Trinajstić information content (AvgIpc) is 2.53. The molecule has 0 spiro atoms. The topological polar surface area (TPSA) is 73.2 Å². The van der Waals surface area contributed by atoms with Crippen LogP contribution in [0.3, 0.4) is 0 Å². The molecule has 0 saturated heterocycles. The Morgan fingerprint density at radius 3 is 2.91 bits per heavy atom. The minimum absolute atomic E-state index is 0.0986. The van der Waals surface area contributed by atoms with Crippen LogP contribution in [-0.4, -0.2) is 35.9 Å². The van der Waals surface area contributed by atoms with Crippen molar-refractivity contribution in [3.05, 3.63) is 63.8 Å². The number of methoxy groups -OCH3 is 1. The Bertz CT molecular complexity index is 731.